The van der Waals surface area contributed by atoms with Crippen LogP contribution in [0.3, 0.4) is 0 Å². The summed E-state index contributed by atoms with van der Waals surface area (Å²) in [5.41, 5.74) is 1.28. The summed E-state index contributed by atoms with van der Waals surface area (Å²) in [4.78, 5) is 0. The maximum Gasteiger partial charge on any atom is 0.140 e. The van der Waals surface area contributed by atoms with Crippen molar-refractivity contribution in [2.24, 2.45) is 0 Å². The highest BCUT2D eigenvalue weighted by Crippen LogP contribution is 2.29. The molecule has 2 heteroatoms. The van der Waals surface area contributed by atoms with E-state index in [1.165, 1.54) is 17.6 Å². The van der Waals surface area contributed by atoms with Crippen LogP contribution in [0.25, 0.3) is 0 Å². The van der Waals surface area contributed by atoms with E-state index in [4.69, 9.17) is 4.18 Å². The largest absolute Gasteiger partial charge is 0.425 e. The zero-order chi connectivity index (χ0) is 7.52. The molecule has 0 aliphatic carbocycles. The standard InChI is InChI=1S/C9H8OS/c1-2-6-9-8(4-1)5-3-7-11-10-9/h1-2,4,6H,3,5H2. The molecule has 1 aliphatic rings. The van der Waals surface area contributed by atoms with Crippen LogP contribution in [0.1, 0.15) is 12.0 Å². The number of aryl methyl sites for hydroxylation is 1. The second-order valence-corrected chi connectivity index (χ2v) is 3.04. The molecule has 0 N–H and O–H groups in total. The molecule has 0 fully saturated rings. The molecule has 1 aliphatic heterocycles. The Morgan fingerprint density at radius 2 is 2.27 bits per heavy atom. The fraction of sp³-hybridized carbons (Fsp3) is 0.222. The van der Waals surface area contributed by atoms with Crippen LogP contribution in [0.4, 0.5) is 0 Å². The molecule has 0 spiro atoms. The first-order valence-corrected chi connectivity index (χ1v) is 4.35. The van der Waals surface area contributed by atoms with Crippen LogP contribution in [0.2, 0.25) is 0 Å². The molecule has 0 unspecified atom stereocenters. The van der Waals surface area contributed by atoms with Gasteiger partial charge in [-0.3, -0.25) is 0 Å². The van der Waals surface area contributed by atoms with Crippen LogP contribution in [-0.2, 0) is 6.42 Å². The number of rotatable bonds is 0. The van der Waals surface area contributed by atoms with E-state index in [1.54, 1.807) is 0 Å². The van der Waals surface area contributed by atoms with E-state index in [2.05, 4.69) is 11.8 Å². The minimum Gasteiger partial charge on any atom is -0.425 e. The summed E-state index contributed by atoms with van der Waals surface area (Å²) in [5.74, 6) is 4.08. The maximum absolute atomic E-state index is 5.35. The van der Waals surface area contributed by atoms with E-state index in [9.17, 15) is 0 Å². The predicted octanol–water partition coefficient (Wildman–Crippen LogP) is 2.70. The van der Waals surface area contributed by atoms with Crippen molar-refractivity contribution in [1.82, 2.24) is 0 Å². The molecule has 56 valence electrons. The van der Waals surface area contributed by atoms with Crippen LogP contribution in [-0.4, -0.2) is 0 Å². The molecule has 1 nitrogen and oxygen atoms in total. The maximum atomic E-state index is 5.35. The van der Waals surface area contributed by atoms with Gasteiger partial charge in [0.2, 0.25) is 0 Å². The summed E-state index contributed by atoms with van der Waals surface area (Å²) < 4.78 is 5.35. The Bertz CT molecular complexity index is 222. The van der Waals surface area contributed by atoms with Gasteiger partial charge in [-0.2, -0.15) is 0 Å². The van der Waals surface area contributed by atoms with Gasteiger partial charge in [0.05, 0.1) is 17.8 Å². The Labute approximate surface area is 71.0 Å². The fourth-order valence-electron chi connectivity index (χ4n) is 1.09. The van der Waals surface area contributed by atoms with Gasteiger partial charge < -0.3 is 4.18 Å². The molecule has 1 heterocycles. The third-order valence-corrected chi connectivity index (χ3v) is 2.24. The third-order valence-electron chi connectivity index (χ3n) is 1.66. The van der Waals surface area contributed by atoms with Gasteiger partial charge >= 0.3 is 0 Å². The van der Waals surface area contributed by atoms with Gasteiger partial charge in [0, 0.05) is 0 Å². The van der Waals surface area contributed by atoms with Gasteiger partial charge in [0.1, 0.15) is 5.75 Å². The lowest BCUT2D eigenvalue weighted by Crippen LogP contribution is -1.83. The molecular formula is C9H8OS. The molecular weight excluding hydrogens is 156 g/mol. The summed E-state index contributed by atoms with van der Waals surface area (Å²) in [6, 6.07) is 8.13. The number of benzene rings is 1. The molecule has 0 bridgehead atoms. The highest BCUT2D eigenvalue weighted by atomic mass is 32.2. The zero-order valence-corrected chi connectivity index (χ0v) is 6.86. The normalized spacial score (nSPS) is 16.4. The van der Waals surface area contributed by atoms with Crippen LogP contribution >= 0.6 is 12.0 Å². The van der Waals surface area contributed by atoms with E-state index in [1.807, 2.05) is 18.2 Å². The van der Waals surface area contributed by atoms with Crippen molar-refractivity contribution in [3.63, 3.8) is 0 Å². The molecule has 11 heavy (non-hydrogen) atoms. The van der Waals surface area contributed by atoms with Crippen molar-refractivity contribution in [2.45, 2.75) is 12.8 Å². The van der Waals surface area contributed by atoms with E-state index in [0.29, 0.717) is 0 Å². The first-order valence-electron chi connectivity index (χ1n) is 3.61. The van der Waals surface area contributed by atoms with E-state index < -0.39 is 0 Å². The second-order valence-electron chi connectivity index (χ2n) is 2.42. The Balaban J connectivity index is 2.33. The molecule has 2 radical (unpaired) electrons. The third kappa shape index (κ3) is 1.51. The Kier molecular flexibility index (Phi) is 2.04. The van der Waals surface area contributed by atoms with Gasteiger partial charge in [-0.05, 0) is 24.5 Å². The van der Waals surface area contributed by atoms with E-state index in [-0.39, 0.29) is 0 Å². The molecule has 0 saturated carbocycles. The number of para-hydroxylation sites is 1. The summed E-state index contributed by atoms with van der Waals surface area (Å²) in [5, 5.41) is 0. The van der Waals surface area contributed by atoms with Crippen molar-refractivity contribution in [2.75, 3.05) is 0 Å². The molecule has 2 rings (SSSR count). The average Bonchev–Trinajstić information content (AvgIpc) is 2.28. The van der Waals surface area contributed by atoms with Gasteiger partial charge in [0.15, 0.2) is 0 Å². The molecule has 0 amide bonds. The van der Waals surface area contributed by atoms with Crippen LogP contribution < -0.4 is 4.18 Å². The first kappa shape index (κ1) is 7.04. The smallest absolute Gasteiger partial charge is 0.140 e. The Hall–Kier alpha value is -0.630. The summed E-state index contributed by atoms with van der Waals surface area (Å²) in [6.07, 6.45) is 2.02. The fourth-order valence-corrected chi connectivity index (χ4v) is 1.59. The van der Waals surface area contributed by atoms with E-state index >= 15 is 0 Å². The lowest BCUT2D eigenvalue weighted by atomic mass is 10.1. The Morgan fingerprint density at radius 3 is 3.27 bits per heavy atom. The highest BCUT2D eigenvalue weighted by molar-refractivity contribution is 7.97. The van der Waals surface area contributed by atoms with Crippen molar-refractivity contribution in [1.29, 1.82) is 0 Å². The van der Waals surface area contributed by atoms with Gasteiger partial charge in [0.25, 0.3) is 0 Å². The van der Waals surface area contributed by atoms with Gasteiger partial charge in [-0.1, -0.05) is 18.2 Å². The predicted molar refractivity (Wildman–Crippen MR) is 46.2 cm³/mol. The molecule has 1 aromatic rings. The van der Waals surface area contributed by atoms with Crippen LogP contribution in [0.15, 0.2) is 24.3 Å². The summed E-state index contributed by atoms with van der Waals surface area (Å²) >= 11 is 1.31. The number of fused-ring (bicyclic) bond motifs is 1. The monoisotopic (exact) mass is 164 g/mol. The molecule has 0 atom stereocenters. The van der Waals surface area contributed by atoms with Crippen molar-refractivity contribution < 1.29 is 4.18 Å². The van der Waals surface area contributed by atoms with Gasteiger partial charge in [-0.15, -0.1) is 0 Å². The molecule has 0 aromatic heterocycles. The van der Waals surface area contributed by atoms with Crippen molar-refractivity contribution in [3.05, 3.63) is 35.6 Å². The quantitative estimate of drug-likeness (QED) is 0.545. The topological polar surface area (TPSA) is 9.23 Å². The highest BCUT2D eigenvalue weighted by Gasteiger charge is 2.07. The van der Waals surface area contributed by atoms with Crippen molar-refractivity contribution >= 4 is 12.0 Å². The number of hydrogen-bond acceptors (Lipinski definition) is 2. The van der Waals surface area contributed by atoms with Crippen LogP contribution in [0, 0.1) is 5.75 Å². The van der Waals surface area contributed by atoms with E-state index in [0.717, 1.165) is 18.6 Å². The summed E-state index contributed by atoms with van der Waals surface area (Å²) in [7, 11) is 0. The molecule has 1 aromatic carbocycles. The molecule has 0 saturated heterocycles. The summed E-state index contributed by atoms with van der Waals surface area (Å²) in [6.45, 7) is 0. The first-order chi connectivity index (χ1) is 5.47. The van der Waals surface area contributed by atoms with Crippen molar-refractivity contribution in [3.8, 4) is 5.75 Å². The zero-order valence-electron chi connectivity index (χ0n) is 6.04. The lowest BCUT2D eigenvalue weighted by Gasteiger charge is -2.02. The van der Waals surface area contributed by atoms with Crippen LogP contribution in [0.5, 0.6) is 5.75 Å². The minimum atomic E-state index is 0.974. The number of hydrogen-bond donors (Lipinski definition) is 0. The Morgan fingerprint density at radius 1 is 1.36 bits per heavy atom. The SMILES string of the molecule is [C]1CCc2ccccc2OS1. The second kappa shape index (κ2) is 3.18. The average molecular weight is 164 g/mol. The van der Waals surface area contributed by atoms with Gasteiger partial charge in [-0.25, -0.2) is 0 Å². The minimum absolute atomic E-state index is 0.974. The lowest BCUT2D eigenvalue weighted by molar-refractivity contribution is 0.645.